The molecule has 0 aliphatic carbocycles. The van der Waals surface area contributed by atoms with Crippen LogP contribution in [-0.2, 0) is 0 Å². The van der Waals surface area contributed by atoms with Crippen LogP contribution in [0.3, 0.4) is 0 Å². The van der Waals surface area contributed by atoms with Gasteiger partial charge >= 0.3 is 0 Å². The molecule has 0 N–H and O–H groups in total. The van der Waals surface area contributed by atoms with E-state index < -0.39 is 0 Å². The summed E-state index contributed by atoms with van der Waals surface area (Å²) >= 11 is 2.00. The molecule has 0 saturated heterocycles. The van der Waals surface area contributed by atoms with Gasteiger partial charge in [-0.25, -0.2) is 0 Å². The number of aromatic nitrogens is 3. The van der Waals surface area contributed by atoms with E-state index in [0.717, 1.165) is 11.3 Å². The Bertz CT molecular complexity index is 427. The Kier molecular flexibility index (Phi) is 2.26. The monoisotopic (exact) mass is 287 g/mol. The van der Waals surface area contributed by atoms with E-state index in [1.54, 1.807) is 6.20 Å². The van der Waals surface area contributed by atoms with Crippen molar-refractivity contribution in [1.29, 1.82) is 0 Å². The molecule has 2 heterocycles. The van der Waals surface area contributed by atoms with Crippen LogP contribution in [0.25, 0.3) is 11.5 Å². The van der Waals surface area contributed by atoms with Gasteiger partial charge in [0.1, 0.15) is 0 Å². The van der Waals surface area contributed by atoms with Gasteiger partial charge in [0.15, 0.2) is 0 Å². The van der Waals surface area contributed by atoms with Crippen LogP contribution >= 0.6 is 22.6 Å². The van der Waals surface area contributed by atoms with E-state index in [2.05, 4.69) is 15.1 Å². The minimum absolute atomic E-state index is 0.537. The third-order valence-corrected chi connectivity index (χ3v) is 1.98. The highest BCUT2D eigenvalue weighted by Gasteiger charge is 2.06. The van der Waals surface area contributed by atoms with Crippen LogP contribution in [0, 0.1) is 10.8 Å². The molecule has 0 radical (unpaired) electrons. The van der Waals surface area contributed by atoms with Gasteiger partial charge in [-0.05, 0) is 19.1 Å². The lowest BCUT2D eigenvalue weighted by molar-refractivity contribution is 0.426. The zero-order chi connectivity index (χ0) is 9.26. The molecule has 0 saturated carbocycles. The summed E-state index contributed by atoms with van der Waals surface area (Å²) in [6.45, 7) is 1.92. The molecule has 5 heteroatoms. The summed E-state index contributed by atoms with van der Waals surface area (Å²) in [5.41, 5.74) is 1.84. The molecule has 4 nitrogen and oxygen atoms in total. The summed E-state index contributed by atoms with van der Waals surface area (Å²) in [4.78, 5) is 8.18. The van der Waals surface area contributed by atoms with E-state index in [1.807, 2.05) is 41.6 Å². The van der Waals surface area contributed by atoms with Gasteiger partial charge in [0, 0.05) is 40.0 Å². The highest BCUT2D eigenvalue weighted by Crippen LogP contribution is 2.17. The Morgan fingerprint density at radius 2 is 2.31 bits per heavy atom. The summed E-state index contributed by atoms with van der Waals surface area (Å²) in [6.07, 6.45) is 1.72. The van der Waals surface area contributed by atoms with Crippen LogP contribution in [0.5, 0.6) is 0 Å². The average Bonchev–Trinajstić information content (AvgIpc) is 2.52. The predicted molar refractivity (Wildman–Crippen MR) is 55.0 cm³/mol. The quantitative estimate of drug-likeness (QED) is 0.753. The predicted octanol–water partition coefficient (Wildman–Crippen LogP) is 2.04. The van der Waals surface area contributed by atoms with Crippen LogP contribution in [0.4, 0.5) is 0 Å². The normalized spacial score (nSPS) is 10.3. The first-order chi connectivity index (χ1) is 6.25. The van der Waals surface area contributed by atoms with Gasteiger partial charge in [-0.2, -0.15) is 4.98 Å². The molecule has 0 amide bonds. The Balaban J connectivity index is 2.46. The number of pyridine rings is 1. The van der Waals surface area contributed by atoms with Crippen LogP contribution in [0.2, 0.25) is 0 Å². The number of aryl methyl sites for hydroxylation is 1. The fraction of sp³-hybridized carbons (Fsp3) is 0.125. The van der Waals surface area contributed by atoms with Crippen molar-refractivity contribution in [3.05, 3.63) is 27.9 Å². The molecule has 2 aromatic rings. The van der Waals surface area contributed by atoms with Crippen molar-refractivity contribution >= 4 is 22.6 Å². The van der Waals surface area contributed by atoms with Crippen molar-refractivity contribution in [2.75, 3.05) is 0 Å². The maximum atomic E-state index is 5.01. The SMILES string of the molecule is Cc1cc(-c2nc(I)no2)ccn1. The van der Waals surface area contributed by atoms with Crippen molar-refractivity contribution in [3.8, 4) is 11.5 Å². The average molecular weight is 287 g/mol. The molecule has 0 bridgehead atoms. The Morgan fingerprint density at radius 1 is 1.46 bits per heavy atom. The van der Waals surface area contributed by atoms with E-state index in [1.165, 1.54) is 0 Å². The van der Waals surface area contributed by atoms with Crippen molar-refractivity contribution in [2.45, 2.75) is 6.92 Å². The summed E-state index contributed by atoms with van der Waals surface area (Å²) in [6, 6.07) is 3.75. The smallest absolute Gasteiger partial charge is 0.258 e. The zero-order valence-corrected chi connectivity index (χ0v) is 9.02. The summed E-state index contributed by atoms with van der Waals surface area (Å²) in [5, 5.41) is 3.70. The summed E-state index contributed by atoms with van der Waals surface area (Å²) in [7, 11) is 0. The molecular formula is C8H6IN3O. The van der Waals surface area contributed by atoms with Crippen molar-refractivity contribution in [2.24, 2.45) is 0 Å². The van der Waals surface area contributed by atoms with Crippen LogP contribution < -0.4 is 0 Å². The lowest BCUT2D eigenvalue weighted by Crippen LogP contribution is -1.82. The fourth-order valence-electron chi connectivity index (χ4n) is 1.00. The van der Waals surface area contributed by atoms with E-state index >= 15 is 0 Å². The number of nitrogens with zero attached hydrogens (tertiary/aromatic N) is 3. The Morgan fingerprint density at radius 3 is 2.92 bits per heavy atom. The van der Waals surface area contributed by atoms with Gasteiger partial charge in [0.2, 0.25) is 3.83 Å². The first-order valence-corrected chi connectivity index (χ1v) is 4.76. The Labute approximate surface area is 88.5 Å². The maximum Gasteiger partial charge on any atom is 0.258 e. The van der Waals surface area contributed by atoms with Crippen molar-refractivity contribution in [1.82, 2.24) is 15.1 Å². The molecule has 13 heavy (non-hydrogen) atoms. The van der Waals surface area contributed by atoms with Crippen LogP contribution in [-0.4, -0.2) is 15.1 Å². The molecule has 2 rings (SSSR count). The highest BCUT2D eigenvalue weighted by molar-refractivity contribution is 14.1. The highest BCUT2D eigenvalue weighted by atomic mass is 127. The first kappa shape index (κ1) is 8.61. The zero-order valence-electron chi connectivity index (χ0n) is 6.86. The second-order valence-corrected chi connectivity index (χ2v) is 3.52. The number of rotatable bonds is 1. The van der Waals surface area contributed by atoms with Crippen molar-refractivity contribution in [3.63, 3.8) is 0 Å². The molecule has 66 valence electrons. The van der Waals surface area contributed by atoms with Crippen molar-refractivity contribution < 1.29 is 4.52 Å². The third kappa shape index (κ3) is 1.85. The first-order valence-electron chi connectivity index (χ1n) is 3.68. The van der Waals surface area contributed by atoms with Gasteiger partial charge in [0.25, 0.3) is 5.89 Å². The van der Waals surface area contributed by atoms with Gasteiger partial charge in [0.05, 0.1) is 0 Å². The number of hydrogen-bond donors (Lipinski definition) is 0. The lowest BCUT2D eigenvalue weighted by atomic mass is 10.2. The van der Waals surface area contributed by atoms with Gasteiger partial charge in [-0.3, -0.25) is 4.98 Å². The van der Waals surface area contributed by atoms with E-state index in [4.69, 9.17) is 4.52 Å². The molecule has 0 fully saturated rings. The number of hydrogen-bond acceptors (Lipinski definition) is 4. The van der Waals surface area contributed by atoms with Gasteiger partial charge < -0.3 is 4.52 Å². The van der Waals surface area contributed by atoms with Gasteiger partial charge in [-0.1, -0.05) is 5.16 Å². The standard InChI is InChI=1S/C8H6IN3O/c1-5-4-6(2-3-10-5)7-11-8(9)12-13-7/h2-4H,1H3. The second kappa shape index (κ2) is 3.41. The molecule has 0 aliphatic heterocycles. The number of halogens is 1. The lowest BCUT2D eigenvalue weighted by Gasteiger charge is -1.93. The van der Waals surface area contributed by atoms with E-state index in [9.17, 15) is 0 Å². The molecule has 0 aromatic carbocycles. The minimum atomic E-state index is 0.537. The fourth-order valence-corrected chi connectivity index (χ4v) is 1.32. The molecule has 0 atom stereocenters. The summed E-state index contributed by atoms with van der Waals surface area (Å²) in [5.74, 6) is 0.537. The van der Waals surface area contributed by atoms with Gasteiger partial charge in [-0.15, -0.1) is 0 Å². The van der Waals surface area contributed by atoms with Crippen LogP contribution in [0.1, 0.15) is 5.69 Å². The molecule has 0 aliphatic rings. The van der Waals surface area contributed by atoms with E-state index in [-0.39, 0.29) is 0 Å². The third-order valence-electron chi connectivity index (χ3n) is 1.54. The van der Waals surface area contributed by atoms with E-state index in [0.29, 0.717) is 9.72 Å². The second-order valence-electron chi connectivity index (χ2n) is 2.55. The topological polar surface area (TPSA) is 51.8 Å². The largest absolute Gasteiger partial charge is 0.333 e. The minimum Gasteiger partial charge on any atom is -0.333 e. The maximum absolute atomic E-state index is 5.01. The molecule has 0 unspecified atom stereocenters. The summed E-state index contributed by atoms with van der Waals surface area (Å²) < 4.78 is 5.62. The molecular weight excluding hydrogens is 281 g/mol. The molecule has 0 spiro atoms. The van der Waals surface area contributed by atoms with Crippen LogP contribution in [0.15, 0.2) is 22.9 Å². The Hall–Kier alpha value is -0.980. The molecule has 2 aromatic heterocycles.